The summed E-state index contributed by atoms with van der Waals surface area (Å²) >= 11 is 0. The van der Waals surface area contributed by atoms with Gasteiger partial charge in [-0.15, -0.1) is 0 Å². The molecule has 31 heavy (non-hydrogen) atoms. The number of ether oxygens (including phenoxy) is 2. The zero-order valence-electron chi connectivity index (χ0n) is 20.8. The Kier molecular flexibility index (Phi) is 4.43. The first-order valence-corrected chi connectivity index (χ1v) is 15.0. The molecule has 4 nitrogen and oxygen atoms in total. The van der Waals surface area contributed by atoms with Gasteiger partial charge in [0.25, 0.3) is 0 Å². The molecule has 0 N–H and O–H groups in total. The van der Waals surface area contributed by atoms with Crippen LogP contribution in [0.1, 0.15) is 60.8 Å². The fourth-order valence-corrected chi connectivity index (χ4v) is 9.41. The minimum atomic E-state index is -2.15. The van der Waals surface area contributed by atoms with Crippen molar-refractivity contribution < 1.29 is 18.7 Å². The molecule has 0 aromatic rings. The van der Waals surface area contributed by atoms with E-state index in [0.29, 0.717) is 18.3 Å². The number of ketones is 1. The lowest BCUT2D eigenvalue weighted by atomic mass is 9.42. The first-order chi connectivity index (χ1) is 14.2. The van der Waals surface area contributed by atoms with Crippen molar-refractivity contribution in [1.29, 1.82) is 0 Å². The number of hydrogen-bond donors (Lipinski definition) is 0. The molecule has 0 aromatic carbocycles. The second kappa shape index (κ2) is 6.22. The summed E-state index contributed by atoms with van der Waals surface area (Å²) in [5, 5.41) is 0.0724. The molecule has 4 fully saturated rings. The average molecular weight is 445 g/mol. The molecule has 0 spiro atoms. The predicted octanol–water partition coefficient (Wildman–Crippen LogP) is 5.65. The lowest BCUT2D eigenvalue weighted by Crippen LogP contribution is -2.78. The fourth-order valence-electron chi connectivity index (χ4n) is 7.96. The smallest absolute Gasteiger partial charge is 0.195 e. The highest BCUT2D eigenvalue weighted by Crippen LogP contribution is 2.76. The van der Waals surface area contributed by atoms with E-state index < -0.39 is 19.7 Å². The molecule has 6 aliphatic rings. The highest BCUT2D eigenvalue weighted by atomic mass is 28.4. The summed E-state index contributed by atoms with van der Waals surface area (Å²) in [6, 6.07) is 0. The van der Waals surface area contributed by atoms with E-state index in [1.807, 2.05) is 13.2 Å². The van der Waals surface area contributed by atoms with Gasteiger partial charge in [0, 0.05) is 36.7 Å². The van der Waals surface area contributed by atoms with Gasteiger partial charge in [0.05, 0.1) is 6.10 Å². The van der Waals surface area contributed by atoms with Crippen molar-refractivity contribution >= 4 is 14.1 Å². The van der Waals surface area contributed by atoms with Crippen molar-refractivity contribution in [3.8, 4) is 0 Å². The number of rotatable bonds is 3. The average Bonchev–Trinajstić information content (AvgIpc) is 3.04. The van der Waals surface area contributed by atoms with Gasteiger partial charge in [-0.3, -0.25) is 4.79 Å². The van der Waals surface area contributed by atoms with Crippen molar-refractivity contribution in [1.82, 2.24) is 0 Å². The largest absolute Gasteiger partial charge is 0.390 e. The predicted molar refractivity (Wildman–Crippen MR) is 124 cm³/mol. The highest BCUT2D eigenvalue weighted by molar-refractivity contribution is 6.74. The number of hydrogen-bond acceptors (Lipinski definition) is 4. The van der Waals surface area contributed by atoms with Crippen LogP contribution in [0.4, 0.5) is 0 Å². The maximum absolute atomic E-state index is 13.5. The Morgan fingerprint density at radius 2 is 1.90 bits per heavy atom. The Bertz CT molecular complexity index is 898. The zero-order valence-corrected chi connectivity index (χ0v) is 21.8. The van der Waals surface area contributed by atoms with Gasteiger partial charge in [-0.2, -0.15) is 0 Å². The van der Waals surface area contributed by atoms with Gasteiger partial charge in [-0.05, 0) is 62.4 Å². The molecular formula is C26H40O4Si. The maximum Gasteiger partial charge on any atom is 0.195 e. The lowest BCUT2D eigenvalue weighted by molar-refractivity contribution is -0.397. The standard InChI is InChI=1S/C26H40O4Si/c1-15-10-11-25-16(2)12-19(27)18-14-26(29-25,30-31(8,9)23(3,4)5)17-13-20(28-7)21(15)22(17)24(18,25)6/h10,12,17-18,20-22H,11,13-14H2,1-9H3/t17-,18+,20-,21-,22-,24-,25-,26+/m0/s1. The summed E-state index contributed by atoms with van der Waals surface area (Å²) in [6.07, 6.45) is 6.87. The van der Waals surface area contributed by atoms with Gasteiger partial charge in [-0.25, -0.2) is 0 Å². The van der Waals surface area contributed by atoms with Crippen LogP contribution in [0.15, 0.2) is 23.3 Å². The SMILES string of the molecule is CO[C@H]1C[C@H]2[C@H]3[C@H]1C(C)=CC[C@]14O[C@@]2(O[Si](C)(C)C(C)(C)C)C[C@H](C(=O)C=C1C)[C@@]34C. The molecule has 6 rings (SSSR count). The van der Waals surface area contributed by atoms with Crippen molar-refractivity contribution in [2.24, 2.45) is 29.1 Å². The van der Waals surface area contributed by atoms with E-state index in [0.717, 1.165) is 18.4 Å². The first kappa shape index (κ1) is 22.1. The molecule has 5 heteroatoms. The number of carbonyl (C=O) groups excluding carboxylic acids is 1. The summed E-state index contributed by atoms with van der Waals surface area (Å²) in [7, 11) is -0.300. The minimum Gasteiger partial charge on any atom is -0.390 e. The van der Waals surface area contributed by atoms with E-state index in [1.54, 1.807) is 0 Å². The molecule has 5 bridgehead atoms. The second-order valence-electron chi connectivity index (χ2n) is 12.7. The highest BCUT2D eigenvalue weighted by Gasteiger charge is 2.80. The fraction of sp³-hybridized carbons (Fsp3) is 0.808. The van der Waals surface area contributed by atoms with Crippen LogP contribution in [-0.4, -0.2) is 38.7 Å². The molecule has 2 aliphatic heterocycles. The van der Waals surface area contributed by atoms with Gasteiger partial charge in [0.2, 0.25) is 0 Å². The Balaban J connectivity index is 1.76. The first-order valence-electron chi connectivity index (χ1n) is 12.1. The third-order valence-corrected chi connectivity index (χ3v) is 15.0. The normalized spacial score (nSPS) is 48.4. The lowest BCUT2D eigenvalue weighted by Gasteiger charge is -2.72. The molecule has 0 amide bonds. The van der Waals surface area contributed by atoms with E-state index in [4.69, 9.17) is 13.9 Å². The molecule has 8 atom stereocenters. The van der Waals surface area contributed by atoms with Crippen LogP contribution < -0.4 is 0 Å². The monoisotopic (exact) mass is 444 g/mol. The van der Waals surface area contributed by atoms with Crippen LogP contribution in [-0.2, 0) is 18.7 Å². The summed E-state index contributed by atoms with van der Waals surface area (Å²) in [5.74, 6) is 0.445. The molecule has 172 valence electrons. The van der Waals surface area contributed by atoms with E-state index in [2.05, 4.69) is 60.7 Å². The van der Waals surface area contributed by atoms with Gasteiger partial charge in [0.15, 0.2) is 19.9 Å². The van der Waals surface area contributed by atoms with E-state index in [1.165, 1.54) is 5.57 Å². The van der Waals surface area contributed by atoms with Crippen LogP contribution in [0.2, 0.25) is 18.1 Å². The van der Waals surface area contributed by atoms with Crippen LogP contribution in [0.5, 0.6) is 0 Å². The Hall–Kier alpha value is -0.753. The van der Waals surface area contributed by atoms with Crippen LogP contribution in [0.25, 0.3) is 0 Å². The van der Waals surface area contributed by atoms with Crippen LogP contribution in [0.3, 0.4) is 0 Å². The van der Waals surface area contributed by atoms with Crippen molar-refractivity contribution in [3.05, 3.63) is 23.3 Å². The second-order valence-corrected chi connectivity index (χ2v) is 17.4. The van der Waals surface area contributed by atoms with Crippen molar-refractivity contribution in [2.45, 2.75) is 96.4 Å². The van der Waals surface area contributed by atoms with Gasteiger partial charge in [-0.1, -0.05) is 39.3 Å². The number of carbonyl (C=O) groups is 1. The Morgan fingerprint density at radius 3 is 2.52 bits per heavy atom. The summed E-state index contributed by atoms with van der Waals surface area (Å²) in [6.45, 7) is 18.2. The van der Waals surface area contributed by atoms with E-state index >= 15 is 0 Å². The quantitative estimate of drug-likeness (QED) is 0.417. The van der Waals surface area contributed by atoms with Crippen LogP contribution >= 0.6 is 0 Å². The van der Waals surface area contributed by atoms with Crippen molar-refractivity contribution in [2.75, 3.05) is 7.11 Å². The topological polar surface area (TPSA) is 44.8 Å². The third kappa shape index (κ3) is 2.44. The minimum absolute atomic E-state index is 0.0478. The van der Waals surface area contributed by atoms with E-state index in [9.17, 15) is 4.79 Å². The van der Waals surface area contributed by atoms with Gasteiger partial charge < -0.3 is 13.9 Å². The molecule has 4 aliphatic carbocycles. The molecule has 2 saturated carbocycles. The molecule has 2 heterocycles. The van der Waals surface area contributed by atoms with Gasteiger partial charge in [0.1, 0.15) is 5.60 Å². The molecule has 0 unspecified atom stereocenters. The Morgan fingerprint density at radius 1 is 1.23 bits per heavy atom. The van der Waals surface area contributed by atoms with Crippen LogP contribution in [0, 0.1) is 29.1 Å². The van der Waals surface area contributed by atoms with Gasteiger partial charge >= 0.3 is 0 Å². The maximum atomic E-state index is 13.5. The molecule has 2 saturated heterocycles. The Labute approximate surface area is 188 Å². The number of allylic oxidation sites excluding steroid dienone is 1. The summed E-state index contributed by atoms with van der Waals surface area (Å²) < 4.78 is 20.7. The molecular weight excluding hydrogens is 404 g/mol. The molecule has 0 radical (unpaired) electrons. The summed E-state index contributed by atoms with van der Waals surface area (Å²) in [5.41, 5.74) is 1.80. The van der Waals surface area contributed by atoms with Crippen molar-refractivity contribution in [3.63, 3.8) is 0 Å². The number of methoxy groups -OCH3 is 1. The zero-order chi connectivity index (χ0) is 22.8. The van der Waals surface area contributed by atoms with E-state index in [-0.39, 0.29) is 34.2 Å². The summed E-state index contributed by atoms with van der Waals surface area (Å²) in [4.78, 5) is 13.5. The molecule has 0 aromatic heterocycles. The third-order valence-electron chi connectivity index (χ3n) is 10.5.